The molecule has 11 heteroatoms. The zero-order valence-electron chi connectivity index (χ0n) is 17.1. The van der Waals surface area contributed by atoms with Crippen LogP contribution in [0.15, 0.2) is 53.4 Å². The van der Waals surface area contributed by atoms with Crippen LogP contribution in [-0.2, 0) is 14.8 Å². The van der Waals surface area contributed by atoms with Crippen molar-refractivity contribution in [1.82, 2.24) is 10.0 Å². The van der Waals surface area contributed by atoms with Crippen LogP contribution in [0.3, 0.4) is 0 Å². The van der Waals surface area contributed by atoms with Crippen LogP contribution in [0, 0.1) is 5.82 Å². The van der Waals surface area contributed by atoms with Gasteiger partial charge in [0, 0.05) is 17.3 Å². The fourth-order valence-electron chi connectivity index (χ4n) is 3.48. The second kappa shape index (κ2) is 11.1. The van der Waals surface area contributed by atoms with Gasteiger partial charge in [0.2, 0.25) is 10.0 Å². The number of rotatable bonds is 8. The summed E-state index contributed by atoms with van der Waals surface area (Å²) in [6, 6.07) is 10.5. The molecule has 2 aromatic rings. The minimum absolute atomic E-state index is 0.0800. The zero-order chi connectivity index (χ0) is 23.1. The normalized spacial score (nSPS) is 21.2. The smallest absolute Gasteiger partial charge is 0.319 e. The number of aliphatic hydroxyl groups excluding tert-OH is 1. The van der Waals surface area contributed by atoms with Gasteiger partial charge in [0.25, 0.3) is 0 Å². The van der Waals surface area contributed by atoms with E-state index in [1.807, 2.05) is 0 Å². The van der Waals surface area contributed by atoms with Crippen LogP contribution < -0.4 is 15.4 Å². The molecule has 0 radical (unpaired) electrons. The van der Waals surface area contributed by atoms with Gasteiger partial charge in [0.15, 0.2) is 0 Å². The van der Waals surface area contributed by atoms with Crippen molar-refractivity contribution in [2.24, 2.45) is 0 Å². The third kappa shape index (κ3) is 6.88. The summed E-state index contributed by atoms with van der Waals surface area (Å²) in [5, 5.41) is 15.3. The fourth-order valence-corrected chi connectivity index (χ4v) is 4.83. The minimum atomic E-state index is -3.69. The van der Waals surface area contributed by atoms with E-state index in [0.29, 0.717) is 30.0 Å². The monoisotopic (exact) mass is 485 g/mol. The average molecular weight is 486 g/mol. The number of urea groups is 1. The summed E-state index contributed by atoms with van der Waals surface area (Å²) in [5.41, 5.74) is 0.310. The Morgan fingerprint density at radius 1 is 1.19 bits per heavy atom. The van der Waals surface area contributed by atoms with Crippen LogP contribution in [0.4, 0.5) is 14.9 Å². The maximum absolute atomic E-state index is 13.3. The van der Waals surface area contributed by atoms with Crippen LogP contribution in [-0.4, -0.2) is 51.0 Å². The van der Waals surface area contributed by atoms with E-state index in [1.54, 1.807) is 18.2 Å². The standard InChI is InChI=1S/C21H25ClFN3O5S/c22-14-3-1-6-18(11-14)32(29,30)24-10-9-17-7-8-19(20(13-27)31-17)26-21(28)25-16-5-2-4-15(23)12-16/h1-6,11-12,17,19-20,24,27H,7-10,13H2,(H2,25,26,28)/t17-,19-,20-/m0/s1. The van der Waals surface area contributed by atoms with E-state index in [4.69, 9.17) is 16.3 Å². The zero-order valence-corrected chi connectivity index (χ0v) is 18.7. The largest absolute Gasteiger partial charge is 0.394 e. The molecular formula is C21H25ClFN3O5S. The lowest BCUT2D eigenvalue weighted by molar-refractivity contribution is -0.0884. The topological polar surface area (TPSA) is 117 Å². The van der Waals surface area contributed by atoms with Crippen LogP contribution >= 0.6 is 11.6 Å². The SMILES string of the molecule is O=C(Nc1cccc(F)c1)N[C@H]1CC[C@@H](CCNS(=O)(=O)c2cccc(Cl)c2)O[C@H]1CO. The summed E-state index contributed by atoms with van der Waals surface area (Å²) in [6.07, 6.45) is 0.585. The number of hydrogen-bond donors (Lipinski definition) is 4. The molecule has 8 nitrogen and oxygen atoms in total. The summed E-state index contributed by atoms with van der Waals surface area (Å²) in [5.74, 6) is -0.467. The quantitative estimate of drug-likeness (QED) is 0.458. The van der Waals surface area contributed by atoms with Gasteiger partial charge >= 0.3 is 6.03 Å². The predicted octanol–water partition coefficient (Wildman–Crippen LogP) is 2.88. The molecule has 1 aliphatic rings. The van der Waals surface area contributed by atoms with Crippen LogP contribution in [0.25, 0.3) is 0 Å². The van der Waals surface area contributed by atoms with E-state index in [2.05, 4.69) is 15.4 Å². The van der Waals surface area contributed by atoms with Gasteiger partial charge in [-0.25, -0.2) is 22.3 Å². The molecule has 2 aromatic carbocycles. The van der Waals surface area contributed by atoms with Gasteiger partial charge < -0.3 is 20.5 Å². The molecule has 4 N–H and O–H groups in total. The van der Waals surface area contributed by atoms with E-state index in [0.717, 1.165) is 0 Å². The first-order chi connectivity index (χ1) is 15.3. The number of aliphatic hydroxyl groups is 1. The summed E-state index contributed by atoms with van der Waals surface area (Å²) >= 11 is 5.85. The van der Waals surface area contributed by atoms with E-state index in [-0.39, 0.29) is 24.2 Å². The van der Waals surface area contributed by atoms with Crippen molar-refractivity contribution in [2.75, 3.05) is 18.5 Å². The van der Waals surface area contributed by atoms with Crippen molar-refractivity contribution in [3.8, 4) is 0 Å². The van der Waals surface area contributed by atoms with Crippen LogP contribution in [0.1, 0.15) is 19.3 Å². The summed E-state index contributed by atoms with van der Waals surface area (Å²) in [6.45, 7) is -0.161. The maximum atomic E-state index is 13.3. The number of anilines is 1. The van der Waals surface area contributed by atoms with Gasteiger partial charge in [-0.15, -0.1) is 0 Å². The first-order valence-electron chi connectivity index (χ1n) is 10.1. The van der Waals surface area contributed by atoms with E-state index in [1.165, 1.54) is 30.3 Å². The number of carbonyl (C=O) groups is 1. The average Bonchev–Trinajstić information content (AvgIpc) is 2.74. The lowest BCUT2D eigenvalue weighted by Crippen LogP contribution is -2.52. The minimum Gasteiger partial charge on any atom is -0.394 e. The second-order valence-corrected chi connectivity index (χ2v) is 9.62. The highest BCUT2D eigenvalue weighted by atomic mass is 35.5. The second-order valence-electron chi connectivity index (χ2n) is 7.42. The molecule has 0 aromatic heterocycles. The molecule has 0 bridgehead atoms. The summed E-state index contributed by atoms with van der Waals surface area (Å²) < 4.78 is 46.3. The molecule has 0 unspecified atom stereocenters. The van der Waals surface area contributed by atoms with Crippen molar-refractivity contribution in [2.45, 2.75) is 42.4 Å². The molecule has 3 atom stereocenters. The van der Waals surface area contributed by atoms with Crippen molar-refractivity contribution in [1.29, 1.82) is 0 Å². The first kappa shape index (κ1) is 24.4. The van der Waals surface area contributed by atoms with Gasteiger partial charge in [-0.2, -0.15) is 0 Å². The number of benzene rings is 2. The first-order valence-corrected chi connectivity index (χ1v) is 12.0. The van der Waals surface area contributed by atoms with Crippen LogP contribution in [0.5, 0.6) is 0 Å². The Labute approximate surface area is 191 Å². The number of carbonyl (C=O) groups excluding carboxylic acids is 1. The maximum Gasteiger partial charge on any atom is 0.319 e. The Morgan fingerprint density at radius 2 is 1.97 bits per heavy atom. The third-order valence-electron chi connectivity index (χ3n) is 5.06. The molecular weight excluding hydrogens is 461 g/mol. The lowest BCUT2D eigenvalue weighted by atomic mass is 9.97. The molecule has 174 valence electrons. The molecule has 1 heterocycles. The Balaban J connectivity index is 1.47. The third-order valence-corrected chi connectivity index (χ3v) is 6.75. The molecule has 3 rings (SSSR count). The molecule has 1 saturated heterocycles. The van der Waals surface area contributed by atoms with E-state index in [9.17, 15) is 22.7 Å². The van der Waals surface area contributed by atoms with Gasteiger partial charge in [0.05, 0.1) is 23.6 Å². The van der Waals surface area contributed by atoms with Gasteiger partial charge in [-0.05, 0) is 55.7 Å². The Hall–Kier alpha value is -2.24. The molecule has 1 fully saturated rings. The Kier molecular flexibility index (Phi) is 8.44. The number of sulfonamides is 1. The highest BCUT2D eigenvalue weighted by Crippen LogP contribution is 2.22. The fraction of sp³-hybridized carbons (Fsp3) is 0.381. The van der Waals surface area contributed by atoms with Crippen molar-refractivity contribution >= 4 is 33.3 Å². The van der Waals surface area contributed by atoms with Gasteiger partial charge in [-0.1, -0.05) is 23.7 Å². The van der Waals surface area contributed by atoms with E-state index >= 15 is 0 Å². The molecule has 0 saturated carbocycles. The summed E-state index contributed by atoms with van der Waals surface area (Å²) in [7, 11) is -3.69. The van der Waals surface area contributed by atoms with Crippen LogP contribution in [0.2, 0.25) is 5.02 Å². The number of hydrogen-bond acceptors (Lipinski definition) is 5. The molecule has 32 heavy (non-hydrogen) atoms. The molecule has 0 spiro atoms. The van der Waals surface area contributed by atoms with Crippen molar-refractivity contribution in [3.63, 3.8) is 0 Å². The number of ether oxygens (including phenoxy) is 1. The Bertz CT molecular complexity index is 1040. The molecule has 1 aliphatic heterocycles. The Morgan fingerprint density at radius 3 is 2.69 bits per heavy atom. The highest BCUT2D eigenvalue weighted by molar-refractivity contribution is 7.89. The number of halogens is 2. The molecule has 0 aliphatic carbocycles. The number of amides is 2. The van der Waals surface area contributed by atoms with Gasteiger partial charge in [-0.3, -0.25) is 0 Å². The lowest BCUT2D eigenvalue weighted by Gasteiger charge is -2.36. The predicted molar refractivity (Wildman–Crippen MR) is 119 cm³/mol. The highest BCUT2D eigenvalue weighted by Gasteiger charge is 2.32. The van der Waals surface area contributed by atoms with Crippen molar-refractivity contribution < 1.29 is 27.4 Å². The van der Waals surface area contributed by atoms with Gasteiger partial charge in [0.1, 0.15) is 11.9 Å². The van der Waals surface area contributed by atoms with E-state index < -0.39 is 34.0 Å². The summed E-state index contributed by atoms with van der Waals surface area (Å²) in [4.78, 5) is 12.3. The molecule has 2 amide bonds. The van der Waals surface area contributed by atoms with Crippen molar-refractivity contribution in [3.05, 3.63) is 59.4 Å². The number of nitrogens with one attached hydrogen (secondary N) is 3.